The maximum atomic E-state index is 13.6. The lowest BCUT2D eigenvalue weighted by Crippen LogP contribution is -2.44. The Hall–Kier alpha value is -1.64. The van der Waals surface area contributed by atoms with E-state index in [4.69, 9.17) is 16.3 Å². The number of hydrogen-bond donors (Lipinski definition) is 1. The van der Waals surface area contributed by atoms with Crippen molar-refractivity contribution in [1.82, 2.24) is 5.32 Å². The van der Waals surface area contributed by atoms with Crippen molar-refractivity contribution in [3.8, 4) is 6.07 Å². The highest BCUT2D eigenvalue weighted by molar-refractivity contribution is 6.30. The van der Waals surface area contributed by atoms with E-state index in [0.717, 1.165) is 0 Å². The minimum absolute atomic E-state index is 0.0466. The third kappa shape index (κ3) is 3.23. The Morgan fingerprint density at radius 3 is 2.95 bits per heavy atom. The summed E-state index contributed by atoms with van der Waals surface area (Å²) in [7, 11) is 0. The molecule has 1 heterocycles. The quantitative estimate of drug-likeness (QED) is 0.923. The summed E-state index contributed by atoms with van der Waals surface area (Å²) in [6.45, 7) is 3.87. The van der Waals surface area contributed by atoms with Crippen LogP contribution in [0.15, 0.2) is 18.2 Å². The van der Waals surface area contributed by atoms with Gasteiger partial charge in [0.05, 0.1) is 17.1 Å². The van der Waals surface area contributed by atoms with Gasteiger partial charge in [-0.25, -0.2) is 4.39 Å². The molecule has 1 amide bonds. The van der Waals surface area contributed by atoms with Gasteiger partial charge in [0.15, 0.2) is 0 Å². The van der Waals surface area contributed by atoms with Crippen molar-refractivity contribution >= 4 is 17.5 Å². The predicted molar refractivity (Wildman–Crippen MR) is 80.7 cm³/mol. The molecule has 4 nitrogen and oxygen atoms in total. The highest BCUT2D eigenvalue weighted by Crippen LogP contribution is 2.32. The van der Waals surface area contributed by atoms with Gasteiger partial charge in [0.2, 0.25) is 5.91 Å². The molecular weight excluding hydrogens is 307 g/mol. The molecule has 0 radical (unpaired) electrons. The molecule has 3 atom stereocenters. The molecule has 0 aromatic heterocycles. The van der Waals surface area contributed by atoms with E-state index in [1.165, 1.54) is 12.1 Å². The van der Waals surface area contributed by atoms with Gasteiger partial charge in [0.25, 0.3) is 0 Å². The summed E-state index contributed by atoms with van der Waals surface area (Å²) < 4.78 is 19.2. The zero-order chi connectivity index (χ0) is 16.3. The second-order valence-electron chi connectivity index (χ2n) is 5.63. The molecule has 0 spiro atoms. The fraction of sp³-hybridized carbons (Fsp3) is 0.500. The van der Waals surface area contributed by atoms with Crippen LogP contribution in [-0.4, -0.2) is 18.6 Å². The molecular formula is C16H18ClFN2O2. The van der Waals surface area contributed by atoms with Gasteiger partial charge in [-0.1, -0.05) is 24.6 Å². The molecule has 118 valence electrons. The SMILES string of the molecule is CCC(C)(C#N)C(=O)N[C@@H]1CCO[C@H]1c1ccc(Cl)c(F)c1. The molecule has 2 rings (SSSR count). The van der Waals surface area contributed by atoms with E-state index in [9.17, 15) is 14.4 Å². The summed E-state index contributed by atoms with van der Waals surface area (Å²) in [4.78, 5) is 12.3. The van der Waals surface area contributed by atoms with Crippen molar-refractivity contribution in [2.45, 2.75) is 38.8 Å². The van der Waals surface area contributed by atoms with Gasteiger partial charge < -0.3 is 10.1 Å². The predicted octanol–water partition coefficient (Wildman–Crippen LogP) is 3.37. The Kier molecular flexibility index (Phi) is 5.05. The van der Waals surface area contributed by atoms with E-state index in [-0.39, 0.29) is 17.0 Å². The molecule has 1 aromatic carbocycles. The first-order valence-corrected chi connectivity index (χ1v) is 7.58. The largest absolute Gasteiger partial charge is 0.371 e. The van der Waals surface area contributed by atoms with E-state index < -0.39 is 17.3 Å². The van der Waals surface area contributed by atoms with Crippen LogP contribution in [0.25, 0.3) is 0 Å². The first-order valence-electron chi connectivity index (χ1n) is 7.20. The fourth-order valence-corrected chi connectivity index (χ4v) is 2.49. The molecule has 0 aliphatic carbocycles. The fourth-order valence-electron chi connectivity index (χ4n) is 2.37. The lowest BCUT2D eigenvalue weighted by molar-refractivity contribution is -0.128. The Balaban J connectivity index is 2.16. The van der Waals surface area contributed by atoms with E-state index in [2.05, 4.69) is 5.32 Å². The van der Waals surface area contributed by atoms with Crippen molar-refractivity contribution in [3.05, 3.63) is 34.6 Å². The number of carbonyl (C=O) groups excluding carboxylic acids is 1. The van der Waals surface area contributed by atoms with Gasteiger partial charge in [0, 0.05) is 6.61 Å². The standard InChI is InChI=1S/C16H18ClFN2O2/c1-3-16(2,9-19)15(21)20-13-6-7-22-14(13)10-4-5-11(17)12(18)8-10/h4-5,8,13-14H,3,6-7H2,1-2H3,(H,20,21)/t13-,14+,16?/m1/s1. The maximum absolute atomic E-state index is 13.6. The minimum Gasteiger partial charge on any atom is -0.371 e. The van der Waals surface area contributed by atoms with Crippen LogP contribution in [0.5, 0.6) is 0 Å². The summed E-state index contributed by atoms with van der Waals surface area (Å²) in [5.41, 5.74) is -0.446. The first kappa shape index (κ1) is 16.7. The molecule has 1 saturated heterocycles. The Labute approximate surface area is 134 Å². The Morgan fingerprint density at radius 1 is 1.64 bits per heavy atom. The normalized spacial score (nSPS) is 23.6. The van der Waals surface area contributed by atoms with E-state index in [1.54, 1.807) is 19.9 Å². The summed E-state index contributed by atoms with van der Waals surface area (Å²) in [6, 6.07) is 6.23. The van der Waals surface area contributed by atoms with Crippen LogP contribution >= 0.6 is 11.6 Å². The molecule has 1 unspecified atom stereocenters. The Bertz CT molecular complexity index is 617. The molecule has 1 N–H and O–H groups in total. The molecule has 0 bridgehead atoms. The van der Waals surface area contributed by atoms with Gasteiger partial charge in [-0.2, -0.15) is 5.26 Å². The van der Waals surface area contributed by atoms with Crippen molar-refractivity contribution in [3.63, 3.8) is 0 Å². The average molecular weight is 325 g/mol. The van der Waals surface area contributed by atoms with Crippen LogP contribution in [0.4, 0.5) is 4.39 Å². The lowest BCUT2D eigenvalue weighted by atomic mass is 9.87. The highest BCUT2D eigenvalue weighted by Gasteiger charge is 2.37. The molecule has 6 heteroatoms. The number of rotatable bonds is 4. The number of benzene rings is 1. The van der Waals surface area contributed by atoms with Gasteiger partial charge in [-0.3, -0.25) is 4.79 Å². The van der Waals surface area contributed by atoms with Crippen molar-refractivity contribution in [1.29, 1.82) is 5.26 Å². The second kappa shape index (κ2) is 6.64. The summed E-state index contributed by atoms with van der Waals surface area (Å²) in [6.07, 6.45) is 0.602. The number of nitriles is 1. The molecule has 1 aliphatic heterocycles. The van der Waals surface area contributed by atoms with E-state index in [0.29, 0.717) is 25.0 Å². The molecule has 1 aromatic rings. The van der Waals surface area contributed by atoms with Crippen LogP contribution in [0.3, 0.4) is 0 Å². The number of hydrogen-bond acceptors (Lipinski definition) is 3. The topological polar surface area (TPSA) is 62.1 Å². The summed E-state index contributed by atoms with van der Waals surface area (Å²) >= 11 is 5.68. The second-order valence-corrected chi connectivity index (χ2v) is 6.04. The first-order chi connectivity index (χ1) is 10.4. The monoisotopic (exact) mass is 324 g/mol. The third-order valence-electron chi connectivity index (χ3n) is 4.14. The Morgan fingerprint density at radius 2 is 2.36 bits per heavy atom. The van der Waals surface area contributed by atoms with Crippen LogP contribution in [0, 0.1) is 22.6 Å². The van der Waals surface area contributed by atoms with Gasteiger partial charge in [-0.15, -0.1) is 0 Å². The van der Waals surface area contributed by atoms with Crippen LogP contribution in [0.2, 0.25) is 5.02 Å². The number of ether oxygens (including phenoxy) is 1. The van der Waals surface area contributed by atoms with Crippen LogP contribution in [0.1, 0.15) is 38.4 Å². The zero-order valence-corrected chi connectivity index (χ0v) is 13.3. The number of amides is 1. The van der Waals surface area contributed by atoms with E-state index >= 15 is 0 Å². The van der Waals surface area contributed by atoms with Crippen LogP contribution < -0.4 is 5.32 Å². The van der Waals surface area contributed by atoms with Crippen molar-refractivity contribution < 1.29 is 13.9 Å². The molecule has 22 heavy (non-hydrogen) atoms. The van der Waals surface area contributed by atoms with E-state index in [1.807, 2.05) is 6.07 Å². The lowest BCUT2D eigenvalue weighted by Gasteiger charge is -2.25. The minimum atomic E-state index is -1.07. The molecule has 0 saturated carbocycles. The number of nitrogens with zero attached hydrogens (tertiary/aromatic N) is 1. The number of halogens is 2. The molecule has 1 aliphatic rings. The summed E-state index contributed by atoms with van der Waals surface area (Å²) in [5, 5.41) is 12.1. The van der Waals surface area contributed by atoms with Crippen molar-refractivity contribution in [2.24, 2.45) is 5.41 Å². The maximum Gasteiger partial charge on any atom is 0.240 e. The van der Waals surface area contributed by atoms with Crippen LogP contribution in [-0.2, 0) is 9.53 Å². The van der Waals surface area contributed by atoms with Crippen molar-refractivity contribution in [2.75, 3.05) is 6.61 Å². The van der Waals surface area contributed by atoms with Gasteiger partial charge in [0.1, 0.15) is 17.3 Å². The van der Waals surface area contributed by atoms with Gasteiger partial charge in [-0.05, 0) is 37.5 Å². The smallest absolute Gasteiger partial charge is 0.240 e. The molecule has 1 fully saturated rings. The van der Waals surface area contributed by atoms with Gasteiger partial charge >= 0.3 is 0 Å². The third-order valence-corrected chi connectivity index (χ3v) is 4.44. The number of nitrogens with one attached hydrogen (secondary N) is 1. The average Bonchev–Trinajstić information content (AvgIpc) is 2.97. The highest BCUT2D eigenvalue weighted by atomic mass is 35.5. The summed E-state index contributed by atoms with van der Waals surface area (Å²) in [5.74, 6) is -0.845. The zero-order valence-electron chi connectivity index (χ0n) is 12.5. The number of carbonyl (C=O) groups is 1.